The highest BCUT2D eigenvalue weighted by Gasteiger charge is 2.30. The van der Waals surface area contributed by atoms with Crippen molar-refractivity contribution in [2.24, 2.45) is 5.92 Å². The summed E-state index contributed by atoms with van der Waals surface area (Å²) in [6.45, 7) is 8.35. The van der Waals surface area contributed by atoms with Crippen LogP contribution in [0, 0.1) is 5.92 Å². The van der Waals surface area contributed by atoms with E-state index in [9.17, 15) is 4.55 Å². The van der Waals surface area contributed by atoms with Gasteiger partial charge in [-0.1, -0.05) is 6.92 Å². The van der Waals surface area contributed by atoms with Gasteiger partial charge in [0.2, 0.25) is 0 Å². The fourth-order valence-corrected chi connectivity index (χ4v) is 2.60. The third-order valence-electron chi connectivity index (χ3n) is 2.85. The van der Waals surface area contributed by atoms with E-state index in [2.05, 4.69) is 11.6 Å². The van der Waals surface area contributed by atoms with Crippen LogP contribution in [0.4, 0.5) is 0 Å². The predicted molar refractivity (Wildman–Crippen MR) is 62.5 cm³/mol. The molecular weight excluding hydrogens is 194 g/mol. The molecular formula is C11H23NOS. The molecule has 3 heteroatoms. The van der Waals surface area contributed by atoms with Gasteiger partial charge in [0.25, 0.3) is 0 Å². The quantitative estimate of drug-likeness (QED) is 0.722. The van der Waals surface area contributed by atoms with Crippen LogP contribution in [-0.2, 0) is 11.4 Å². The Kier molecular flexibility index (Phi) is 4.29. The third kappa shape index (κ3) is 3.79. The van der Waals surface area contributed by atoms with E-state index < -0.39 is 11.4 Å². The van der Waals surface area contributed by atoms with Gasteiger partial charge in [-0.05, 0) is 52.4 Å². The maximum Gasteiger partial charge on any atom is 0.136 e. The second-order valence-electron chi connectivity index (χ2n) is 5.46. The van der Waals surface area contributed by atoms with E-state index >= 15 is 0 Å². The Hall–Kier alpha value is 0.270. The van der Waals surface area contributed by atoms with Crippen molar-refractivity contribution < 1.29 is 4.55 Å². The van der Waals surface area contributed by atoms with E-state index in [1.807, 2.05) is 20.8 Å². The second-order valence-corrected chi connectivity index (χ2v) is 7.45. The van der Waals surface area contributed by atoms with Gasteiger partial charge in [-0.2, -0.15) is 0 Å². The van der Waals surface area contributed by atoms with Crippen molar-refractivity contribution in [3.05, 3.63) is 0 Å². The predicted octanol–water partition coefficient (Wildman–Crippen LogP) is 2.62. The topological polar surface area (TPSA) is 35.1 Å². The lowest BCUT2D eigenvalue weighted by Gasteiger charge is -2.31. The number of hydrogen-bond donors (Lipinski definition) is 1. The van der Waals surface area contributed by atoms with E-state index in [0.29, 0.717) is 6.04 Å². The molecule has 0 aliphatic heterocycles. The van der Waals surface area contributed by atoms with Crippen molar-refractivity contribution in [2.45, 2.75) is 64.2 Å². The summed E-state index contributed by atoms with van der Waals surface area (Å²) in [7, 11) is 0. The first-order chi connectivity index (χ1) is 6.39. The van der Waals surface area contributed by atoms with Crippen LogP contribution in [0.5, 0.6) is 0 Å². The largest absolute Gasteiger partial charge is 0.598 e. The molecule has 0 aromatic heterocycles. The second kappa shape index (κ2) is 4.86. The summed E-state index contributed by atoms with van der Waals surface area (Å²) in [6, 6.07) is 0.478. The molecule has 0 heterocycles. The van der Waals surface area contributed by atoms with Gasteiger partial charge < -0.3 is 4.55 Å². The van der Waals surface area contributed by atoms with E-state index in [1.54, 1.807) is 0 Å². The molecule has 14 heavy (non-hydrogen) atoms. The molecule has 1 saturated carbocycles. The molecule has 1 atom stereocenters. The zero-order valence-electron chi connectivity index (χ0n) is 9.80. The van der Waals surface area contributed by atoms with Gasteiger partial charge in [0.1, 0.15) is 4.75 Å². The lowest BCUT2D eigenvalue weighted by Crippen LogP contribution is -2.45. The number of nitrogens with one attached hydrogen (secondary N) is 1. The number of hydrogen-bond acceptors (Lipinski definition) is 2. The average Bonchev–Trinajstić information content (AvgIpc) is 2.07. The molecule has 0 aromatic carbocycles. The minimum absolute atomic E-state index is 0.136. The molecule has 0 bridgehead atoms. The monoisotopic (exact) mass is 217 g/mol. The van der Waals surface area contributed by atoms with E-state index in [0.717, 1.165) is 5.92 Å². The Balaban J connectivity index is 2.31. The van der Waals surface area contributed by atoms with Crippen molar-refractivity contribution in [3.8, 4) is 0 Å². The Labute approximate surface area is 91.2 Å². The summed E-state index contributed by atoms with van der Waals surface area (Å²) in [5.74, 6) is 0.858. The molecule has 2 nitrogen and oxygen atoms in total. The standard InChI is InChI=1S/C11H23NOS/c1-9-5-7-10(8-6-9)12-14(13)11(2,3)4/h9-10,12H,5-8H2,1-4H3/t9-,10+,14?. The van der Waals surface area contributed by atoms with Crippen molar-refractivity contribution >= 4 is 11.4 Å². The van der Waals surface area contributed by atoms with Crippen LogP contribution in [0.1, 0.15) is 53.4 Å². The first-order valence-electron chi connectivity index (χ1n) is 5.57. The average molecular weight is 217 g/mol. The molecule has 0 radical (unpaired) electrons. The van der Waals surface area contributed by atoms with Crippen molar-refractivity contribution in [2.75, 3.05) is 0 Å². The summed E-state index contributed by atoms with van der Waals surface area (Å²) >= 11 is -0.896. The van der Waals surface area contributed by atoms with Crippen LogP contribution in [0.25, 0.3) is 0 Å². The van der Waals surface area contributed by atoms with Crippen LogP contribution in [0.2, 0.25) is 0 Å². The molecule has 84 valence electrons. The Morgan fingerprint density at radius 2 is 1.64 bits per heavy atom. The fraction of sp³-hybridized carbons (Fsp3) is 1.00. The SMILES string of the molecule is CC(C)(C)[S+]([O-])N[C@H]1CC[C@@H](C)CC1. The van der Waals surface area contributed by atoms with Gasteiger partial charge in [-0.15, -0.1) is 4.72 Å². The van der Waals surface area contributed by atoms with Gasteiger partial charge in [0.05, 0.1) is 6.04 Å². The molecule has 0 amide bonds. The molecule has 1 fully saturated rings. The molecule has 1 unspecified atom stereocenters. The van der Waals surface area contributed by atoms with E-state index in [4.69, 9.17) is 0 Å². The lowest BCUT2D eigenvalue weighted by molar-refractivity contribution is 0.330. The first kappa shape index (κ1) is 12.3. The van der Waals surface area contributed by atoms with Gasteiger partial charge in [-0.3, -0.25) is 0 Å². The molecule has 0 saturated heterocycles. The van der Waals surface area contributed by atoms with Gasteiger partial charge >= 0.3 is 0 Å². The Bertz CT molecular complexity index is 171. The highest BCUT2D eigenvalue weighted by atomic mass is 32.2. The van der Waals surface area contributed by atoms with Crippen LogP contribution >= 0.6 is 0 Å². The third-order valence-corrected chi connectivity index (χ3v) is 4.51. The molecule has 1 N–H and O–H groups in total. The van der Waals surface area contributed by atoms with Crippen molar-refractivity contribution in [1.29, 1.82) is 0 Å². The zero-order chi connectivity index (χ0) is 10.8. The zero-order valence-corrected chi connectivity index (χ0v) is 10.6. The lowest BCUT2D eigenvalue weighted by atomic mass is 9.88. The van der Waals surface area contributed by atoms with E-state index in [-0.39, 0.29) is 4.75 Å². The van der Waals surface area contributed by atoms with Gasteiger partial charge in [0, 0.05) is 11.4 Å². The summed E-state index contributed by atoms with van der Waals surface area (Å²) in [5, 5.41) is 0. The number of rotatable bonds is 2. The summed E-state index contributed by atoms with van der Waals surface area (Å²) < 4.78 is 14.9. The maximum atomic E-state index is 11.8. The maximum absolute atomic E-state index is 11.8. The Morgan fingerprint density at radius 3 is 2.07 bits per heavy atom. The summed E-state index contributed by atoms with van der Waals surface area (Å²) in [4.78, 5) is 0. The minimum atomic E-state index is -0.896. The van der Waals surface area contributed by atoms with Gasteiger partial charge in [-0.25, -0.2) is 0 Å². The van der Waals surface area contributed by atoms with E-state index in [1.165, 1.54) is 25.7 Å². The van der Waals surface area contributed by atoms with Gasteiger partial charge in [0.15, 0.2) is 0 Å². The molecule has 1 rings (SSSR count). The molecule has 1 aliphatic carbocycles. The highest BCUT2D eigenvalue weighted by molar-refractivity contribution is 7.90. The summed E-state index contributed by atoms with van der Waals surface area (Å²) in [5.41, 5.74) is 0. The Morgan fingerprint density at radius 1 is 1.14 bits per heavy atom. The minimum Gasteiger partial charge on any atom is -0.598 e. The molecule has 0 aromatic rings. The van der Waals surface area contributed by atoms with Crippen molar-refractivity contribution in [3.63, 3.8) is 0 Å². The first-order valence-corrected chi connectivity index (χ1v) is 6.72. The smallest absolute Gasteiger partial charge is 0.136 e. The van der Waals surface area contributed by atoms with Crippen LogP contribution in [0.3, 0.4) is 0 Å². The highest BCUT2D eigenvalue weighted by Crippen LogP contribution is 2.25. The fourth-order valence-electron chi connectivity index (χ4n) is 1.71. The molecule has 0 spiro atoms. The van der Waals surface area contributed by atoms with Crippen molar-refractivity contribution in [1.82, 2.24) is 4.72 Å². The van der Waals surface area contributed by atoms with Crippen LogP contribution in [0.15, 0.2) is 0 Å². The van der Waals surface area contributed by atoms with Crippen LogP contribution < -0.4 is 4.72 Å². The molecule has 1 aliphatic rings. The summed E-state index contributed by atoms with van der Waals surface area (Å²) in [6.07, 6.45) is 4.92. The van der Waals surface area contributed by atoms with Crippen LogP contribution in [-0.4, -0.2) is 15.3 Å². The normalized spacial score (nSPS) is 31.5.